The van der Waals surface area contributed by atoms with E-state index in [1.54, 1.807) is 53.2 Å². The summed E-state index contributed by atoms with van der Waals surface area (Å²) in [4.78, 5) is 12.4. The molecule has 4 nitrogen and oxygen atoms in total. The number of anilines is 1. The minimum Gasteiger partial charge on any atom is -0.321 e. The van der Waals surface area contributed by atoms with E-state index in [1.807, 2.05) is 0 Å². The van der Waals surface area contributed by atoms with E-state index < -0.39 is 17.6 Å². The molecule has 1 amide bonds. The van der Waals surface area contributed by atoms with Gasteiger partial charge in [0.25, 0.3) is 5.91 Å². The third kappa shape index (κ3) is 4.86. The number of amides is 1. The average molecular weight is 416 g/mol. The number of carbonyl (C=O) groups excluding carboxylic acids is 1. The molecule has 0 aliphatic carbocycles. The van der Waals surface area contributed by atoms with Crippen molar-refractivity contribution in [3.05, 3.63) is 88.7 Å². The van der Waals surface area contributed by atoms with Gasteiger partial charge in [0, 0.05) is 28.3 Å². The van der Waals surface area contributed by atoms with Gasteiger partial charge in [-0.2, -0.15) is 18.4 Å². The normalized spacial score (nSPS) is 11.8. The fourth-order valence-electron chi connectivity index (χ4n) is 2.62. The summed E-state index contributed by atoms with van der Waals surface area (Å²) >= 11 is 5.89. The second kappa shape index (κ2) is 8.25. The van der Waals surface area contributed by atoms with E-state index in [2.05, 4.69) is 5.32 Å². The average Bonchev–Trinajstić information content (AvgIpc) is 3.14. The fraction of sp³-hybridized carbons (Fsp3) is 0.0476. The van der Waals surface area contributed by atoms with Gasteiger partial charge in [0.15, 0.2) is 0 Å². The molecule has 1 heterocycles. The molecule has 0 aliphatic heterocycles. The van der Waals surface area contributed by atoms with Gasteiger partial charge in [-0.15, -0.1) is 0 Å². The van der Waals surface area contributed by atoms with E-state index in [1.165, 1.54) is 18.2 Å². The lowest BCUT2D eigenvalue weighted by molar-refractivity contribution is -0.137. The van der Waals surface area contributed by atoms with Gasteiger partial charge in [0.2, 0.25) is 0 Å². The highest BCUT2D eigenvalue weighted by molar-refractivity contribution is 6.30. The van der Waals surface area contributed by atoms with E-state index in [-0.39, 0.29) is 11.3 Å². The van der Waals surface area contributed by atoms with Crippen molar-refractivity contribution in [3.8, 4) is 11.8 Å². The minimum atomic E-state index is -4.53. The Bertz CT molecular complexity index is 1110. The van der Waals surface area contributed by atoms with Gasteiger partial charge in [-0.3, -0.25) is 4.79 Å². The van der Waals surface area contributed by atoms with Gasteiger partial charge in [-0.25, -0.2) is 0 Å². The summed E-state index contributed by atoms with van der Waals surface area (Å²) in [7, 11) is 0. The minimum absolute atomic E-state index is 0.0564. The maximum atomic E-state index is 12.8. The Balaban J connectivity index is 1.86. The van der Waals surface area contributed by atoms with E-state index in [9.17, 15) is 23.2 Å². The molecular weight excluding hydrogens is 403 g/mol. The Hall–Kier alpha value is -3.50. The molecule has 0 fully saturated rings. The van der Waals surface area contributed by atoms with E-state index in [0.29, 0.717) is 10.7 Å². The number of aromatic nitrogens is 1. The number of halogens is 4. The molecule has 0 saturated carbocycles. The van der Waals surface area contributed by atoms with Crippen molar-refractivity contribution in [2.75, 3.05) is 5.32 Å². The number of nitriles is 1. The van der Waals surface area contributed by atoms with E-state index in [4.69, 9.17) is 11.6 Å². The maximum Gasteiger partial charge on any atom is 0.416 e. The fourth-order valence-corrected chi connectivity index (χ4v) is 2.74. The quantitative estimate of drug-likeness (QED) is 0.439. The van der Waals surface area contributed by atoms with Gasteiger partial charge < -0.3 is 9.88 Å². The largest absolute Gasteiger partial charge is 0.416 e. The maximum absolute atomic E-state index is 12.8. The van der Waals surface area contributed by atoms with Crippen molar-refractivity contribution in [1.29, 1.82) is 5.26 Å². The van der Waals surface area contributed by atoms with Gasteiger partial charge in [-0.1, -0.05) is 17.7 Å². The van der Waals surface area contributed by atoms with Gasteiger partial charge in [-0.05, 0) is 60.7 Å². The smallest absolute Gasteiger partial charge is 0.321 e. The van der Waals surface area contributed by atoms with Gasteiger partial charge >= 0.3 is 6.18 Å². The second-order valence-electron chi connectivity index (χ2n) is 5.98. The molecule has 0 saturated heterocycles. The highest BCUT2D eigenvalue weighted by atomic mass is 35.5. The summed E-state index contributed by atoms with van der Waals surface area (Å²) in [6, 6.07) is 16.4. The van der Waals surface area contributed by atoms with Crippen LogP contribution in [0.15, 0.2) is 72.4 Å². The van der Waals surface area contributed by atoms with Crippen LogP contribution in [0.3, 0.4) is 0 Å². The van der Waals surface area contributed by atoms with Crippen LogP contribution in [-0.4, -0.2) is 10.5 Å². The molecule has 0 spiro atoms. The SMILES string of the molecule is N#C/C(=C/c1cccn1-c1ccc(Cl)cc1)C(=O)Nc1cccc(C(F)(F)F)c1. The van der Waals surface area contributed by atoms with Gasteiger partial charge in [0.1, 0.15) is 11.6 Å². The van der Waals surface area contributed by atoms with Crippen LogP contribution in [0.2, 0.25) is 5.02 Å². The molecule has 146 valence electrons. The van der Waals surface area contributed by atoms with Crippen molar-refractivity contribution in [2.45, 2.75) is 6.18 Å². The highest BCUT2D eigenvalue weighted by Crippen LogP contribution is 2.30. The third-order valence-electron chi connectivity index (χ3n) is 3.99. The number of carbonyl (C=O) groups is 1. The molecule has 0 radical (unpaired) electrons. The Morgan fingerprint density at radius 1 is 1.10 bits per heavy atom. The Morgan fingerprint density at radius 3 is 2.48 bits per heavy atom. The number of hydrogen-bond donors (Lipinski definition) is 1. The topological polar surface area (TPSA) is 57.8 Å². The standard InChI is InChI=1S/C21H13ClF3N3O/c22-16-6-8-18(9-7-16)28-10-2-5-19(28)11-14(13-26)20(29)27-17-4-1-3-15(12-17)21(23,24)25/h1-12H,(H,27,29)/b14-11-. The first-order valence-corrected chi connectivity index (χ1v) is 8.69. The molecule has 0 unspecified atom stereocenters. The van der Waals surface area contributed by atoms with Crippen LogP contribution in [0.4, 0.5) is 18.9 Å². The number of hydrogen-bond acceptors (Lipinski definition) is 2. The van der Waals surface area contributed by atoms with Crippen molar-refractivity contribution >= 4 is 29.3 Å². The number of alkyl halides is 3. The zero-order valence-electron chi connectivity index (χ0n) is 14.7. The first kappa shape index (κ1) is 20.2. The summed E-state index contributed by atoms with van der Waals surface area (Å²) in [6.07, 6.45) is -1.43. The third-order valence-corrected chi connectivity index (χ3v) is 4.24. The lowest BCUT2D eigenvalue weighted by Gasteiger charge is -2.10. The molecule has 0 bridgehead atoms. The first-order chi connectivity index (χ1) is 13.8. The van der Waals surface area contributed by atoms with Gasteiger partial charge in [0.05, 0.1) is 5.56 Å². The predicted octanol–water partition coefficient (Wildman–Crippen LogP) is 5.70. The first-order valence-electron chi connectivity index (χ1n) is 8.31. The number of nitrogens with zero attached hydrogens (tertiary/aromatic N) is 2. The second-order valence-corrected chi connectivity index (χ2v) is 6.42. The molecule has 3 aromatic rings. The number of benzene rings is 2. The zero-order chi connectivity index (χ0) is 21.0. The summed E-state index contributed by atoms with van der Waals surface area (Å²) in [5.74, 6) is -0.810. The molecular formula is C21H13ClF3N3O. The molecule has 0 aliphatic rings. The number of rotatable bonds is 4. The molecule has 29 heavy (non-hydrogen) atoms. The van der Waals surface area contributed by atoms with Crippen molar-refractivity contribution in [1.82, 2.24) is 4.57 Å². The molecule has 1 aromatic heterocycles. The van der Waals surface area contributed by atoms with Crippen molar-refractivity contribution < 1.29 is 18.0 Å². The van der Waals surface area contributed by atoms with Crippen LogP contribution in [0.25, 0.3) is 11.8 Å². The molecule has 1 N–H and O–H groups in total. The summed E-state index contributed by atoms with van der Waals surface area (Å²) in [5, 5.41) is 12.3. The lowest BCUT2D eigenvalue weighted by atomic mass is 10.1. The van der Waals surface area contributed by atoms with Crippen molar-refractivity contribution in [3.63, 3.8) is 0 Å². The van der Waals surface area contributed by atoms with E-state index in [0.717, 1.165) is 17.8 Å². The molecule has 3 rings (SSSR count). The monoisotopic (exact) mass is 415 g/mol. The molecule has 2 aromatic carbocycles. The number of nitrogens with one attached hydrogen (secondary N) is 1. The van der Waals surface area contributed by atoms with Crippen LogP contribution < -0.4 is 5.32 Å². The zero-order valence-corrected chi connectivity index (χ0v) is 15.5. The van der Waals surface area contributed by atoms with Crippen molar-refractivity contribution in [2.24, 2.45) is 0 Å². The van der Waals surface area contributed by atoms with Crippen LogP contribution >= 0.6 is 11.6 Å². The summed E-state index contributed by atoms with van der Waals surface area (Å²) < 4.78 is 40.2. The Morgan fingerprint density at radius 2 is 1.83 bits per heavy atom. The summed E-state index contributed by atoms with van der Waals surface area (Å²) in [5.41, 5.74) is 0.106. The van der Waals surface area contributed by atoms with E-state index >= 15 is 0 Å². The predicted molar refractivity (Wildman–Crippen MR) is 104 cm³/mol. The lowest BCUT2D eigenvalue weighted by Crippen LogP contribution is -2.14. The molecule has 8 heteroatoms. The Kier molecular flexibility index (Phi) is 5.76. The van der Waals surface area contributed by atoms with Crippen LogP contribution in [-0.2, 0) is 11.0 Å². The summed E-state index contributed by atoms with van der Waals surface area (Å²) in [6.45, 7) is 0. The highest BCUT2D eigenvalue weighted by Gasteiger charge is 2.30. The Labute approximate surface area is 169 Å². The van der Waals surface area contributed by atoms with Crippen LogP contribution in [0.5, 0.6) is 0 Å². The molecule has 0 atom stereocenters. The van der Waals surface area contributed by atoms with Crippen LogP contribution in [0.1, 0.15) is 11.3 Å². The van der Waals surface area contributed by atoms with Crippen LogP contribution in [0, 0.1) is 11.3 Å².